The number of carbonyl (C=O) groups excluding carboxylic acids is 1. The lowest BCUT2D eigenvalue weighted by Gasteiger charge is -2.06. The molecule has 0 rings (SSSR count). The van der Waals surface area contributed by atoms with Crippen LogP contribution >= 0.6 is 0 Å². The molecule has 228 valence electrons. The van der Waals surface area contributed by atoms with E-state index in [0.717, 1.165) is 18.8 Å². The average Bonchev–Trinajstić information content (AvgIpc) is 2.90. The molecule has 0 atom stereocenters. The minimum absolute atomic E-state index is 0.0232. The first-order valence-corrected chi connectivity index (χ1v) is 17.8. The summed E-state index contributed by atoms with van der Waals surface area (Å²) in [6, 6.07) is 0. The van der Waals surface area contributed by atoms with Gasteiger partial charge in [0.05, 0.1) is 6.61 Å². The van der Waals surface area contributed by atoms with Crippen LogP contribution in [0.25, 0.3) is 0 Å². The highest BCUT2D eigenvalue weighted by molar-refractivity contribution is 5.69. The molecule has 0 aliphatic carbocycles. The fourth-order valence-corrected chi connectivity index (χ4v) is 5.50. The molecule has 0 aromatic heterocycles. The molecule has 38 heavy (non-hydrogen) atoms. The van der Waals surface area contributed by atoms with Crippen molar-refractivity contribution >= 4 is 5.97 Å². The van der Waals surface area contributed by atoms with Gasteiger partial charge in [-0.2, -0.15) is 0 Å². The highest BCUT2D eigenvalue weighted by atomic mass is 16.5. The van der Waals surface area contributed by atoms with Gasteiger partial charge in [0.1, 0.15) is 0 Å². The summed E-state index contributed by atoms with van der Waals surface area (Å²) >= 11 is 0. The van der Waals surface area contributed by atoms with Gasteiger partial charge in [-0.05, 0) is 18.8 Å². The molecule has 2 nitrogen and oxygen atoms in total. The van der Waals surface area contributed by atoms with Gasteiger partial charge in [-0.15, -0.1) is 0 Å². The van der Waals surface area contributed by atoms with E-state index in [1.807, 2.05) is 0 Å². The molecule has 0 aliphatic heterocycles. The Morgan fingerprint density at radius 2 is 0.763 bits per heavy atom. The zero-order valence-electron chi connectivity index (χ0n) is 26.8. The van der Waals surface area contributed by atoms with Crippen LogP contribution in [0, 0.1) is 5.92 Å². The summed E-state index contributed by atoms with van der Waals surface area (Å²) < 4.78 is 5.41. The van der Waals surface area contributed by atoms with E-state index in [-0.39, 0.29) is 5.97 Å². The molecule has 0 aromatic carbocycles. The van der Waals surface area contributed by atoms with E-state index in [4.69, 9.17) is 4.74 Å². The quantitative estimate of drug-likeness (QED) is 0.0631. The second kappa shape index (κ2) is 32.7. The lowest BCUT2D eigenvalue weighted by molar-refractivity contribution is -0.143. The van der Waals surface area contributed by atoms with Gasteiger partial charge in [-0.1, -0.05) is 194 Å². The third-order valence-corrected chi connectivity index (χ3v) is 8.17. The Balaban J connectivity index is 3.13. The average molecular weight is 537 g/mol. The van der Waals surface area contributed by atoms with Crippen molar-refractivity contribution in [3.05, 3.63) is 0 Å². The van der Waals surface area contributed by atoms with Gasteiger partial charge in [0, 0.05) is 6.42 Å². The number of esters is 1. The largest absolute Gasteiger partial charge is 0.466 e. The predicted octanol–water partition coefficient (Wildman–Crippen LogP) is 12.9. The van der Waals surface area contributed by atoms with Gasteiger partial charge in [0.15, 0.2) is 0 Å². The number of hydrogen-bond donors (Lipinski definition) is 0. The third kappa shape index (κ3) is 33.5. The summed E-state index contributed by atoms with van der Waals surface area (Å²) in [7, 11) is 0. The van der Waals surface area contributed by atoms with Crippen LogP contribution in [0.15, 0.2) is 0 Å². The number of hydrogen-bond acceptors (Lipinski definition) is 2. The van der Waals surface area contributed by atoms with Crippen LogP contribution in [0.3, 0.4) is 0 Å². The summed E-state index contributed by atoms with van der Waals surface area (Å²) in [5.74, 6) is 0.859. The lowest BCUT2D eigenvalue weighted by Crippen LogP contribution is -2.05. The van der Waals surface area contributed by atoms with E-state index in [1.165, 1.54) is 173 Å². The van der Waals surface area contributed by atoms with Crippen LogP contribution in [0.4, 0.5) is 0 Å². The molecule has 0 bridgehead atoms. The Labute approximate surface area is 241 Å². The van der Waals surface area contributed by atoms with Gasteiger partial charge >= 0.3 is 5.97 Å². The van der Waals surface area contributed by atoms with E-state index >= 15 is 0 Å². The lowest BCUT2D eigenvalue weighted by atomic mass is 10.0. The van der Waals surface area contributed by atoms with Crippen molar-refractivity contribution in [1.82, 2.24) is 0 Å². The van der Waals surface area contributed by atoms with E-state index < -0.39 is 0 Å². The van der Waals surface area contributed by atoms with Crippen molar-refractivity contribution < 1.29 is 9.53 Å². The highest BCUT2D eigenvalue weighted by Gasteiger charge is 2.03. The van der Waals surface area contributed by atoms with Crippen molar-refractivity contribution in [2.75, 3.05) is 6.61 Å². The fourth-order valence-electron chi connectivity index (χ4n) is 5.50. The fraction of sp³-hybridized carbons (Fsp3) is 0.972. The number of ether oxygens (including phenoxy) is 1. The summed E-state index contributed by atoms with van der Waals surface area (Å²) in [4.78, 5) is 11.9. The number of unbranched alkanes of at least 4 members (excludes halogenated alkanes) is 26. The monoisotopic (exact) mass is 537 g/mol. The summed E-state index contributed by atoms with van der Waals surface area (Å²) in [6.07, 6.45) is 40.3. The van der Waals surface area contributed by atoms with E-state index in [0.29, 0.717) is 13.0 Å². The predicted molar refractivity (Wildman–Crippen MR) is 170 cm³/mol. The molecule has 0 heterocycles. The zero-order valence-corrected chi connectivity index (χ0v) is 26.8. The van der Waals surface area contributed by atoms with Crippen LogP contribution in [0.5, 0.6) is 0 Å². The number of carbonyl (C=O) groups is 1. The third-order valence-electron chi connectivity index (χ3n) is 8.17. The topological polar surface area (TPSA) is 26.3 Å². The zero-order chi connectivity index (χ0) is 27.8. The van der Waals surface area contributed by atoms with E-state index in [9.17, 15) is 4.79 Å². The van der Waals surface area contributed by atoms with Crippen molar-refractivity contribution in [2.45, 2.75) is 213 Å². The maximum Gasteiger partial charge on any atom is 0.305 e. The molecule has 0 N–H and O–H groups in total. The normalized spacial score (nSPS) is 11.5. The Kier molecular flexibility index (Phi) is 32.2. The first-order chi connectivity index (χ1) is 18.7. The summed E-state index contributed by atoms with van der Waals surface area (Å²) in [5.41, 5.74) is 0. The molecule has 0 amide bonds. The minimum atomic E-state index is 0.0232. The van der Waals surface area contributed by atoms with E-state index in [1.54, 1.807) is 0 Å². The van der Waals surface area contributed by atoms with Crippen LogP contribution in [0.2, 0.25) is 0 Å². The van der Waals surface area contributed by atoms with Crippen molar-refractivity contribution in [2.24, 2.45) is 5.92 Å². The minimum Gasteiger partial charge on any atom is -0.466 e. The Hall–Kier alpha value is -0.530. The maximum atomic E-state index is 11.9. The van der Waals surface area contributed by atoms with Gasteiger partial charge in [-0.25, -0.2) is 0 Å². The summed E-state index contributed by atoms with van der Waals surface area (Å²) in [6.45, 7) is 7.53. The summed E-state index contributed by atoms with van der Waals surface area (Å²) in [5, 5.41) is 0. The number of rotatable bonds is 32. The van der Waals surface area contributed by atoms with Gasteiger partial charge in [0.2, 0.25) is 0 Å². The second-order valence-electron chi connectivity index (χ2n) is 12.7. The molecule has 0 saturated heterocycles. The van der Waals surface area contributed by atoms with Crippen molar-refractivity contribution in [3.63, 3.8) is 0 Å². The molecular formula is C36H72O2. The highest BCUT2D eigenvalue weighted by Crippen LogP contribution is 2.16. The van der Waals surface area contributed by atoms with Crippen LogP contribution < -0.4 is 0 Å². The molecule has 0 radical (unpaired) electrons. The molecule has 0 fully saturated rings. The van der Waals surface area contributed by atoms with Crippen molar-refractivity contribution in [3.8, 4) is 0 Å². The smallest absolute Gasteiger partial charge is 0.305 e. The molecule has 0 spiro atoms. The SMILES string of the molecule is CCCCCCCCCCCCCCCCCCCCCCCCC(=O)OCCCCCCCCC(C)C. The first kappa shape index (κ1) is 37.5. The molecule has 2 heteroatoms. The van der Waals surface area contributed by atoms with Crippen LogP contribution in [0.1, 0.15) is 213 Å². The molecular weight excluding hydrogens is 464 g/mol. The maximum absolute atomic E-state index is 11.9. The molecule has 0 aliphatic rings. The first-order valence-electron chi connectivity index (χ1n) is 17.8. The van der Waals surface area contributed by atoms with E-state index in [2.05, 4.69) is 20.8 Å². The molecule has 0 saturated carbocycles. The molecule has 0 aromatic rings. The Bertz CT molecular complexity index is 445. The van der Waals surface area contributed by atoms with Crippen LogP contribution in [-0.4, -0.2) is 12.6 Å². The van der Waals surface area contributed by atoms with Gasteiger partial charge in [-0.3, -0.25) is 4.79 Å². The second-order valence-corrected chi connectivity index (χ2v) is 12.7. The standard InChI is InChI=1S/C36H72O2/c1-4-5-6-7-8-9-10-11-12-13-14-15-16-17-18-19-20-21-22-23-27-30-33-36(37)38-34-31-28-25-24-26-29-32-35(2)3/h35H,4-34H2,1-3H3. The van der Waals surface area contributed by atoms with Gasteiger partial charge < -0.3 is 4.74 Å². The Morgan fingerprint density at radius 3 is 1.13 bits per heavy atom. The van der Waals surface area contributed by atoms with Crippen molar-refractivity contribution in [1.29, 1.82) is 0 Å². The Morgan fingerprint density at radius 1 is 0.447 bits per heavy atom. The van der Waals surface area contributed by atoms with Gasteiger partial charge in [0.25, 0.3) is 0 Å². The molecule has 0 unspecified atom stereocenters. The van der Waals surface area contributed by atoms with Crippen LogP contribution in [-0.2, 0) is 9.53 Å².